The molecule has 0 aliphatic rings. The first kappa shape index (κ1) is 17.6. The molecule has 0 atom stereocenters. The van der Waals surface area contributed by atoms with Gasteiger partial charge in [-0.1, -0.05) is 24.3 Å². The molecular weight excluding hydrogens is 286 g/mol. The molecule has 1 rings (SSSR count). The molecule has 6 heteroatoms. The zero-order chi connectivity index (χ0) is 16.8. The average molecular weight is 307 g/mol. The highest BCUT2D eigenvalue weighted by molar-refractivity contribution is 5.95. The number of hydrogen-bond acceptors (Lipinski definition) is 4. The second kappa shape index (κ2) is 7.49. The Labute approximate surface area is 129 Å². The lowest BCUT2D eigenvalue weighted by atomic mass is 10.1. The minimum Gasteiger partial charge on any atom is -0.496 e. The topological polar surface area (TPSA) is 84.9 Å². The summed E-state index contributed by atoms with van der Waals surface area (Å²) < 4.78 is 10.1. The molecule has 0 aliphatic heterocycles. The van der Waals surface area contributed by atoms with Crippen molar-refractivity contribution in [2.45, 2.75) is 26.4 Å². The van der Waals surface area contributed by atoms with Crippen molar-refractivity contribution in [3.63, 3.8) is 0 Å². The predicted octanol–water partition coefficient (Wildman–Crippen LogP) is 2.93. The summed E-state index contributed by atoms with van der Waals surface area (Å²) in [5.41, 5.74) is 0.0215. The van der Waals surface area contributed by atoms with E-state index >= 15 is 0 Å². The number of benzene rings is 1. The lowest BCUT2D eigenvalue weighted by molar-refractivity contribution is 0.0533. The molecule has 120 valence electrons. The van der Waals surface area contributed by atoms with E-state index in [1.807, 2.05) is 0 Å². The van der Waals surface area contributed by atoms with Gasteiger partial charge in [0.25, 0.3) is 0 Å². The van der Waals surface area contributed by atoms with Crippen LogP contribution in [0.3, 0.4) is 0 Å². The van der Waals surface area contributed by atoms with Gasteiger partial charge in [0.15, 0.2) is 0 Å². The molecule has 2 N–H and O–H groups in total. The highest BCUT2D eigenvalue weighted by Gasteiger charge is 2.16. The number of ether oxygens (including phenoxy) is 2. The van der Waals surface area contributed by atoms with E-state index < -0.39 is 17.7 Å². The maximum Gasteiger partial charge on any atom is 0.407 e. The fourth-order valence-electron chi connectivity index (χ4n) is 1.73. The van der Waals surface area contributed by atoms with Crippen molar-refractivity contribution < 1.29 is 24.2 Å². The van der Waals surface area contributed by atoms with Crippen LogP contribution in [0.2, 0.25) is 0 Å². The number of carboxylic acid groups (broad SMARTS) is 1. The Kier molecular flexibility index (Phi) is 5.98. The lowest BCUT2D eigenvalue weighted by Gasteiger charge is -2.19. The Hall–Kier alpha value is -2.50. The summed E-state index contributed by atoms with van der Waals surface area (Å²) in [6, 6.07) is 4.95. The molecule has 1 aromatic carbocycles. The summed E-state index contributed by atoms with van der Waals surface area (Å²) in [6.45, 7) is 5.55. The number of carbonyl (C=O) groups is 2. The van der Waals surface area contributed by atoms with Crippen molar-refractivity contribution in [1.82, 2.24) is 5.32 Å². The number of rotatable bonds is 5. The predicted molar refractivity (Wildman–Crippen MR) is 83.2 cm³/mol. The second-order valence-corrected chi connectivity index (χ2v) is 5.51. The van der Waals surface area contributed by atoms with Crippen molar-refractivity contribution in [1.29, 1.82) is 0 Å². The van der Waals surface area contributed by atoms with Gasteiger partial charge in [-0.15, -0.1) is 0 Å². The number of carboxylic acids is 1. The number of carbonyl (C=O) groups excluding carboxylic acids is 1. The monoisotopic (exact) mass is 307 g/mol. The van der Waals surface area contributed by atoms with E-state index in [1.54, 1.807) is 51.1 Å². The number of aromatic carboxylic acids is 1. The number of nitrogens with one attached hydrogen (secondary N) is 1. The average Bonchev–Trinajstić information content (AvgIpc) is 2.41. The third-order valence-electron chi connectivity index (χ3n) is 2.55. The van der Waals surface area contributed by atoms with E-state index in [-0.39, 0.29) is 17.9 Å². The SMILES string of the molecule is COc1cccc(C=CCNC(=O)OC(C)(C)C)c1C(=O)O. The summed E-state index contributed by atoms with van der Waals surface area (Å²) in [7, 11) is 1.42. The maximum absolute atomic E-state index is 11.5. The zero-order valence-corrected chi connectivity index (χ0v) is 13.2. The third-order valence-corrected chi connectivity index (χ3v) is 2.55. The van der Waals surface area contributed by atoms with E-state index in [0.29, 0.717) is 5.56 Å². The fourth-order valence-corrected chi connectivity index (χ4v) is 1.73. The van der Waals surface area contributed by atoms with Crippen molar-refractivity contribution in [3.05, 3.63) is 35.4 Å². The van der Waals surface area contributed by atoms with E-state index in [4.69, 9.17) is 9.47 Å². The minimum absolute atomic E-state index is 0.0820. The quantitative estimate of drug-likeness (QED) is 0.873. The van der Waals surface area contributed by atoms with Crippen molar-refractivity contribution >= 4 is 18.1 Å². The molecular formula is C16H21NO5. The molecule has 0 aliphatic carbocycles. The van der Waals surface area contributed by atoms with Crippen LogP contribution < -0.4 is 10.1 Å². The van der Waals surface area contributed by atoms with Crippen LogP contribution in [0.25, 0.3) is 6.08 Å². The van der Waals surface area contributed by atoms with Crippen LogP contribution in [-0.4, -0.2) is 36.4 Å². The minimum atomic E-state index is -1.07. The van der Waals surface area contributed by atoms with Gasteiger partial charge in [-0.25, -0.2) is 9.59 Å². The van der Waals surface area contributed by atoms with Gasteiger partial charge >= 0.3 is 12.1 Å². The van der Waals surface area contributed by atoms with Gasteiger partial charge in [-0.2, -0.15) is 0 Å². The summed E-state index contributed by atoms with van der Waals surface area (Å²) in [5.74, 6) is -0.785. The summed E-state index contributed by atoms with van der Waals surface area (Å²) >= 11 is 0. The summed E-state index contributed by atoms with van der Waals surface area (Å²) in [4.78, 5) is 22.8. The Balaban J connectivity index is 2.71. The van der Waals surface area contributed by atoms with Crippen LogP contribution in [0.5, 0.6) is 5.75 Å². The zero-order valence-electron chi connectivity index (χ0n) is 13.2. The van der Waals surface area contributed by atoms with Gasteiger partial charge in [0.05, 0.1) is 7.11 Å². The van der Waals surface area contributed by atoms with Crippen LogP contribution in [0.1, 0.15) is 36.7 Å². The molecule has 0 heterocycles. The molecule has 0 spiro atoms. The van der Waals surface area contributed by atoms with E-state index in [1.165, 1.54) is 7.11 Å². The Morgan fingerprint density at radius 2 is 2.00 bits per heavy atom. The summed E-state index contributed by atoms with van der Waals surface area (Å²) in [5, 5.41) is 11.8. The number of alkyl carbamates (subject to hydrolysis) is 1. The first-order valence-electron chi connectivity index (χ1n) is 6.78. The maximum atomic E-state index is 11.5. The second-order valence-electron chi connectivity index (χ2n) is 5.51. The van der Waals surface area contributed by atoms with Gasteiger partial charge in [0, 0.05) is 6.54 Å². The number of methoxy groups -OCH3 is 1. The van der Waals surface area contributed by atoms with Crippen molar-refractivity contribution in [3.8, 4) is 5.75 Å². The largest absolute Gasteiger partial charge is 0.496 e. The van der Waals surface area contributed by atoms with Crippen LogP contribution in [0, 0.1) is 0 Å². The van der Waals surface area contributed by atoms with Gasteiger partial charge < -0.3 is 19.9 Å². The Bertz CT molecular complexity index is 572. The fraction of sp³-hybridized carbons (Fsp3) is 0.375. The van der Waals surface area contributed by atoms with Crippen LogP contribution in [0.15, 0.2) is 24.3 Å². The molecule has 0 saturated carbocycles. The van der Waals surface area contributed by atoms with E-state index in [9.17, 15) is 14.7 Å². The highest BCUT2D eigenvalue weighted by atomic mass is 16.6. The van der Waals surface area contributed by atoms with Crippen LogP contribution >= 0.6 is 0 Å². The van der Waals surface area contributed by atoms with Gasteiger partial charge in [-0.05, 0) is 32.4 Å². The molecule has 0 aromatic heterocycles. The Morgan fingerprint density at radius 1 is 1.32 bits per heavy atom. The first-order valence-corrected chi connectivity index (χ1v) is 6.78. The molecule has 1 amide bonds. The van der Waals surface area contributed by atoms with Gasteiger partial charge in [-0.3, -0.25) is 0 Å². The van der Waals surface area contributed by atoms with Crippen molar-refractivity contribution in [2.24, 2.45) is 0 Å². The normalized spacial score (nSPS) is 11.3. The Morgan fingerprint density at radius 3 is 2.55 bits per heavy atom. The first-order chi connectivity index (χ1) is 10.2. The summed E-state index contributed by atoms with van der Waals surface area (Å²) in [6.07, 6.45) is 2.73. The molecule has 6 nitrogen and oxygen atoms in total. The van der Waals surface area contributed by atoms with Gasteiger partial charge in [0.1, 0.15) is 16.9 Å². The molecule has 0 unspecified atom stereocenters. The highest BCUT2D eigenvalue weighted by Crippen LogP contribution is 2.23. The molecule has 0 radical (unpaired) electrons. The molecule has 1 aromatic rings. The van der Waals surface area contributed by atoms with Crippen LogP contribution in [0.4, 0.5) is 4.79 Å². The standard InChI is InChI=1S/C16H21NO5/c1-16(2,3)22-15(20)17-10-6-8-11-7-5-9-12(21-4)13(11)14(18)19/h5-9H,10H2,1-4H3,(H,17,20)(H,18,19). The molecule has 0 saturated heterocycles. The smallest absolute Gasteiger partial charge is 0.407 e. The number of amides is 1. The molecule has 0 bridgehead atoms. The third kappa shape index (κ3) is 5.47. The number of hydrogen-bond donors (Lipinski definition) is 2. The van der Waals surface area contributed by atoms with E-state index in [2.05, 4.69) is 5.32 Å². The molecule has 0 fully saturated rings. The van der Waals surface area contributed by atoms with E-state index in [0.717, 1.165) is 0 Å². The van der Waals surface area contributed by atoms with Crippen LogP contribution in [-0.2, 0) is 4.74 Å². The van der Waals surface area contributed by atoms with Gasteiger partial charge in [0.2, 0.25) is 0 Å². The molecule has 22 heavy (non-hydrogen) atoms. The lowest BCUT2D eigenvalue weighted by Crippen LogP contribution is -2.32. The van der Waals surface area contributed by atoms with Crippen molar-refractivity contribution in [2.75, 3.05) is 13.7 Å².